The predicted octanol–water partition coefficient (Wildman–Crippen LogP) is 7.31. The van der Waals surface area contributed by atoms with Crippen LogP contribution in [0.5, 0.6) is 0 Å². The van der Waals surface area contributed by atoms with Crippen LogP contribution in [0, 0.1) is 17.8 Å². The number of hydrogen-bond donors (Lipinski definition) is 1. The van der Waals surface area contributed by atoms with Crippen molar-refractivity contribution in [2.75, 3.05) is 22.9 Å². The van der Waals surface area contributed by atoms with Crippen LogP contribution in [0.1, 0.15) is 133 Å². The summed E-state index contributed by atoms with van der Waals surface area (Å²) >= 11 is 0. The van der Waals surface area contributed by atoms with E-state index in [2.05, 4.69) is 91.3 Å². The zero-order valence-corrected chi connectivity index (χ0v) is 26.2. The van der Waals surface area contributed by atoms with E-state index in [1.165, 1.54) is 32.1 Å². The molecular formula is C31H58N6. The number of rotatable bonds is 10. The second kappa shape index (κ2) is 11.4. The molecule has 1 saturated carbocycles. The van der Waals surface area contributed by atoms with Crippen LogP contribution in [-0.4, -0.2) is 51.2 Å². The Balaban J connectivity index is 2.02. The van der Waals surface area contributed by atoms with Gasteiger partial charge in [-0.25, -0.2) is 0 Å². The Bertz CT molecular complexity index is 789. The first-order valence-electron chi connectivity index (χ1n) is 15.1. The van der Waals surface area contributed by atoms with Gasteiger partial charge >= 0.3 is 0 Å². The van der Waals surface area contributed by atoms with Crippen LogP contribution < -0.4 is 15.1 Å². The van der Waals surface area contributed by atoms with Crippen LogP contribution in [0.25, 0.3) is 0 Å². The lowest BCUT2D eigenvalue weighted by atomic mass is 9.63. The summed E-state index contributed by atoms with van der Waals surface area (Å²) < 4.78 is 0. The van der Waals surface area contributed by atoms with E-state index in [0.717, 1.165) is 56.5 Å². The number of piperidine rings is 1. The van der Waals surface area contributed by atoms with Crippen molar-refractivity contribution in [2.45, 2.75) is 157 Å². The fourth-order valence-corrected chi connectivity index (χ4v) is 7.76. The van der Waals surface area contributed by atoms with E-state index in [0.29, 0.717) is 22.9 Å². The number of anilines is 2. The molecule has 6 heteroatoms. The van der Waals surface area contributed by atoms with Crippen molar-refractivity contribution in [2.24, 2.45) is 10.8 Å². The summed E-state index contributed by atoms with van der Waals surface area (Å²) in [5, 5.41) is 3.86. The maximum absolute atomic E-state index is 5.29. The number of nitrogens with one attached hydrogen (secondary N) is 1. The second-order valence-electron chi connectivity index (χ2n) is 15.1. The maximum atomic E-state index is 5.29. The van der Waals surface area contributed by atoms with E-state index in [1.807, 2.05) is 0 Å². The molecule has 1 aliphatic carbocycles. The number of hydrogen-bond acceptors (Lipinski definition) is 6. The van der Waals surface area contributed by atoms with Gasteiger partial charge in [-0.3, -0.25) is 0 Å². The number of aromatic nitrogens is 3. The molecule has 0 amide bonds. The van der Waals surface area contributed by atoms with Gasteiger partial charge in [-0.1, -0.05) is 54.4 Å². The first-order valence-corrected chi connectivity index (χ1v) is 15.1. The second-order valence-corrected chi connectivity index (χ2v) is 15.1. The highest BCUT2D eigenvalue weighted by molar-refractivity contribution is 5.42. The minimum atomic E-state index is 0.0776. The first kappa shape index (κ1) is 30.1. The molecule has 0 radical (unpaired) electrons. The van der Waals surface area contributed by atoms with E-state index in [1.54, 1.807) is 0 Å². The van der Waals surface area contributed by atoms with E-state index >= 15 is 0 Å². The summed E-state index contributed by atoms with van der Waals surface area (Å²) in [5.41, 5.74) is 0.796. The molecule has 0 atom stereocenters. The summed E-state index contributed by atoms with van der Waals surface area (Å²) in [7, 11) is 0. The van der Waals surface area contributed by atoms with Crippen LogP contribution in [-0.2, 0) is 0 Å². The van der Waals surface area contributed by atoms with Crippen LogP contribution >= 0.6 is 0 Å². The van der Waals surface area contributed by atoms with Crippen LogP contribution in [0.2, 0.25) is 0 Å². The average Bonchev–Trinajstić information content (AvgIpc) is 2.69. The van der Waals surface area contributed by atoms with Gasteiger partial charge in [-0.2, -0.15) is 15.0 Å². The van der Waals surface area contributed by atoms with E-state index in [9.17, 15) is 0 Å². The maximum Gasteiger partial charge on any atom is 0.230 e. The van der Waals surface area contributed by atoms with E-state index in [4.69, 9.17) is 15.0 Å². The third-order valence-electron chi connectivity index (χ3n) is 8.33. The number of nitrogens with zero attached hydrogens (tertiary/aromatic N) is 5. The highest BCUT2D eigenvalue weighted by Crippen LogP contribution is 2.47. The van der Waals surface area contributed by atoms with Crippen molar-refractivity contribution >= 4 is 11.9 Å². The van der Waals surface area contributed by atoms with Gasteiger partial charge in [0.05, 0.1) is 0 Å². The van der Waals surface area contributed by atoms with Crippen LogP contribution in [0.3, 0.4) is 0 Å². The van der Waals surface area contributed by atoms with Crippen molar-refractivity contribution in [3.05, 3.63) is 5.82 Å². The Labute approximate surface area is 228 Å². The normalized spacial score (nSPS) is 23.1. The molecule has 212 valence electrons. The molecule has 6 nitrogen and oxygen atoms in total. The smallest absolute Gasteiger partial charge is 0.230 e. The van der Waals surface area contributed by atoms with Crippen molar-refractivity contribution < 1.29 is 0 Å². The van der Waals surface area contributed by atoms with Gasteiger partial charge in [-0.15, -0.1) is 0 Å². The zero-order chi connectivity index (χ0) is 27.6. The molecule has 0 aromatic carbocycles. The minimum absolute atomic E-state index is 0.0776. The topological polar surface area (TPSA) is 57.2 Å². The van der Waals surface area contributed by atoms with Gasteiger partial charge in [-0.05, 0) is 90.4 Å². The highest BCUT2D eigenvalue weighted by Gasteiger charge is 2.43. The van der Waals surface area contributed by atoms with E-state index in [-0.39, 0.29) is 11.1 Å². The van der Waals surface area contributed by atoms with Crippen LogP contribution in [0.15, 0.2) is 0 Å². The van der Waals surface area contributed by atoms with Crippen molar-refractivity contribution in [3.63, 3.8) is 0 Å². The third-order valence-corrected chi connectivity index (χ3v) is 8.33. The fourth-order valence-electron chi connectivity index (χ4n) is 7.76. The molecule has 37 heavy (non-hydrogen) atoms. The van der Waals surface area contributed by atoms with Gasteiger partial charge in [0.25, 0.3) is 0 Å². The standard InChI is InChI=1S/C31H58N6/c1-12-14-16-36(24-18-28(4,5)22-29(6,7)19-24)26-32-23(3)33-27(34-26)37(17-15-13-2)25-20-30(8,9)35-31(10,11)21-25/h24-25,35H,12-22H2,1-11H3. The SMILES string of the molecule is CCCCN(c1nc(C)nc(N(CCCC)C2CC(C)(C)NC(C)(C)C2)n1)C1CC(C)(C)CC(C)(C)C1. The molecule has 2 aliphatic rings. The van der Waals surface area contributed by atoms with Crippen LogP contribution in [0.4, 0.5) is 11.9 Å². The molecule has 0 spiro atoms. The molecular weight excluding hydrogens is 456 g/mol. The minimum Gasteiger partial charge on any atom is -0.338 e. The number of aryl methyl sites for hydroxylation is 1. The molecule has 1 saturated heterocycles. The molecule has 0 bridgehead atoms. The summed E-state index contributed by atoms with van der Waals surface area (Å²) in [6.07, 6.45) is 10.5. The largest absolute Gasteiger partial charge is 0.338 e. The molecule has 2 heterocycles. The van der Waals surface area contributed by atoms with Crippen molar-refractivity contribution in [3.8, 4) is 0 Å². The predicted molar refractivity (Wildman–Crippen MR) is 159 cm³/mol. The highest BCUT2D eigenvalue weighted by atomic mass is 15.4. The Morgan fingerprint density at radius 2 is 1.08 bits per heavy atom. The van der Waals surface area contributed by atoms with E-state index < -0.39 is 0 Å². The zero-order valence-electron chi connectivity index (χ0n) is 26.2. The summed E-state index contributed by atoms with van der Waals surface area (Å²) in [6, 6.07) is 0.866. The lowest BCUT2D eigenvalue weighted by molar-refractivity contribution is 0.0946. The molecule has 1 N–H and O–H groups in total. The van der Waals surface area contributed by atoms with Gasteiger partial charge in [0, 0.05) is 36.3 Å². The lowest BCUT2D eigenvalue weighted by Gasteiger charge is -2.50. The lowest BCUT2D eigenvalue weighted by Crippen LogP contribution is -2.62. The molecule has 1 aromatic heterocycles. The summed E-state index contributed by atoms with van der Waals surface area (Å²) in [6.45, 7) is 27.7. The average molecular weight is 515 g/mol. The Morgan fingerprint density at radius 3 is 1.49 bits per heavy atom. The van der Waals surface area contributed by atoms with Gasteiger partial charge < -0.3 is 15.1 Å². The van der Waals surface area contributed by atoms with Crippen molar-refractivity contribution in [1.82, 2.24) is 20.3 Å². The Morgan fingerprint density at radius 1 is 0.676 bits per heavy atom. The van der Waals surface area contributed by atoms with Gasteiger partial charge in [0.1, 0.15) is 5.82 Å². The molecule has 0 unspecified atom stereocenters. The monoisotopic (exact) mass is 514 g/mol. The Hall–Kier alpha value is -1.43. The first-order chi connectivity index (χ1) is 17.1. The fraction of sp³-hybridized carbons (Fsp3) is 0.903. The Kier molecular flexibility index (Phi) is 9.24. The van der Waals surface area contributed by atoms with Crippen molar-refractivity contribution in [1.29, 1.82) is 0 Å². The van der Waals surface area contributed by atoms with Gasteiger partial charge in [0.2, 0.25) is 11.9 Å². The molecule has 1 aromatic rings. The third kappa shape index (κ3) is 8.28. The summed E-state index contributed by atoms with van der Waals surface area (Å²) in [4.78, 5) is 20.3. The number of unbranched alkanes of at least 4 members (excludes halogenated alkanes) is 2. The molecule has 3 rings (SSSR count). The quantitative estimate of drug-likeness (QED) is 0.353. The summed E-state index contributed by atoms with van der Waals surface area (Å²) in [5.74, 6) is 2.61. The molecule has 2 fully saturated rings. The van der Waals surface area contributed by atoms with Gasteiger partial charge in [0.15, 0.2) is 0 Å². The molecule has 1 aliphatic heterocycles.